The number of aromatic amines is 1. The molecule has 0 bridgehead atoms. The Morgan fingerprint density at radius 2 is 1.77 bits per heavy atom. The van der Waals surface area contributed by atoms with E-state index in [2.05, 4.69) is 26.1 Å². The molecule has 0 radical (unpaired) electrons. The molecule has 2 atom stereocenters. The first-order valence-electron chi connectivity index (χ1n) is 17.0. The fourth-order valence-electron chi connectivity index (χ4n) is 7.03. The molecule has 1 aliphatic carbocycles. The molecule has 1 aromatic heterocycles. The van der Waals surface area contributed by atoms with Crippen LogP contribution in [0.15, 0.2) is 66.9 Å². The third-order valence-corrected chi connectivity index (χ3v) is 9.99. The molecule has 2 fully saturated rings. The maximum absolute atomic E-state index is 13.7. The largest absolute Gasteiger partial charge is 0.354 e. The molecule has 6 N–H and O–H groups in total. The highest BCUT2D eigenvalue weighted by atomic mass is 16.2. The normalized spacial score (nSPS) is 20.1. The quantitative estimate of drug-likeness (QED) is 0.153. The number of aryl methyl sites for hydroxylation is 1. The van der Waals surface area contributed by atoms with E-state index >= 15 is 0 Å². The molecule has 3 amide bonds. The van der Waals surface area contributed by atoms with Gasteiger partial charge in [0.1, 0.15) is 11.8 Å². The molecule has 1 unspecified atom stereocenters. The SMILES string of the molecule is Cc1cc(C(=O)NC2CCCNC2=O)ccc1-c1ccc(C[C@H](CC(=O)C2CCC(CN)CC2)C(=O)Nc2ccc3cn[nH]c3c2)cc1. The number of Topliss-reactive ketones (excluding diaryl/α,β-unsaturated/α-hetero) is 1. The maximum Gasteiger partial charge on any atom is 0.251 e. The van der Waals surface area contributed by atoms with Crippen LogP contribution in [0.3, 0.4) is 0 Å². The molecule has 10 heteroatoms. The van der Waals surface area contributed by atoms with Crippen LogP contribution in [-0.2, 0) is 20.8 Å². The van der Waals surface area contributed by atoms with Crippen molar-refractivity contribution in [3.05, 3.63) is 83.6 Å². The number of carbonyl (C=O) groups excluding carboxylic acids is 4. The van der Waals surface area contributed by atoms with Gasteiger partial charge in [0.2, 0.25) is 11.8 Å². The van der Waals surface area contributed by atoms with Crippen molar-refractivity contribution in [1.29, 1.82) is 0 Å². The van der Waals surface area contributed by atoms with Gasteiger partial charge >= 0.3 is 0 Å². The van der Waals surface area contributed by atoms with E-state index < -0.39 is 12.0 Å². The Kier molecular flexibility index (Phi) is 10.3. The van der Waals surface area contributed by atoms with Gasteiger partial charge in [0.15, 0.2) is 0 Å². The van der Waals surface area contributed by atoms with Crippen molar-refractivity contribution in [3.63, 3.8) is 0 Å². The van der Waals surface area contributed by atoms with Crippen molar-refractivity contribution in [2.45, 2.75) is 64.3 Å². The zero-order valence-corrected chi connectivity index (χ0v) is 27.4. The zero-order chi connectivity index (χ0) is 33.6. The lowest BCUT2D eigenvalue weighted by molar-refractivity contribution is -0.129. The molecule has 4 aromatic rings. The minimum absolute atomic E-state index is 0.0281. The predicted molar refractivity (Wildman–Crippen MR) is 186 cm³/mol. The summed E-state index contributed by atoms with van der Waals surface area (Å²) in [6.07, 6.45) is 7.39. The Morgan fingerprint density at radius 3 is 2.50 bits per heavy atom. The number of fused-ring (bicyclic) bond motifs is 1. The smallest absolute Gasteiger partial charge is 0.251 e. The number of nitrogens with zero attached hydrogens (tertiary/aromatic N) is 1. The highest BCUT2D eigenvalue weighted by Gasteiger charge is 2.30. The van der Waals surface area contributed by atoms with E-state index in [-0.39, 0.29) is 35.8 Å². The lowest BCUT2D eigenvalue weighted by Gasteiger charge is -2.27. The van der Waals surface area contributed by atoms with Crippen molar-refractivity contribution >= 4 is 40.1 Å². The molecule has 6 rings (SSSR count). The van der Waals surface area contributed by atoms with Gasteiger partial charge in [-0.25, -0.2) is 0 Å². The van der Waals surface area contributed by atoms with E-state index in [1.54, 1.807) is 12.3 Å². The Hall–Kier alpha value is -4.83. The molecule has 48 heavy (non-hydrogen) atoms. The van der Waals surface area contributed by atoms with Gasteiger partial charge in [0.25, 0.3) is 5.91 Å². The van der Waals surface area contributed by atoms with Crippen LogP contribution in [0, 0.1) is 24.7 Å². The number of aromatic nitrogens is 2. The minimum atomic E-state index is -0.529. The van der Waals surface area contributed by atoms with E-state index in [4.69, 9.17) is 5.73 Å². The summed E-state index contributed by atoms with van der Waals surface area (Å²) in [6, 6.07) is 18.7. The van der Waals surface area contributed by atoms with Crippen LogP contribution in [0.2, 0.25) is 0 Å². The summed E-state index contributed by atoms with van der Waals surface area (Å²) in [5.74, 6) is -0.521. The van der Waals surface area contributed by atoms with E-state index in [0.717, 1.165) is 65.3 Å². The molecule has 1 aliphatic heterocycles. The summed E-state index contributed by atoms with van der Waals surface area (Å²) in [5.41, 5.74) is 11.7. The third-order valence-electron chi connectivity index (χ3n) is 9.99. The summed E-state index contributed by atoms with van der Waals surface area (Å²) in [7, 11) is 0. The number of benzene rings is 3. The summed E-state index contributed by atoms with van der Waals surface area (Å²) >= 11 is 0. The van der Waals surface area contributed by atoms with Gasteiger partial charge in [-0.1, -0.05) is 30.3 Å². The number of H-pyrrole nitrogens is 1. The molecule has 3 aromatic carbocycles. The number of nitrogens with one attached hydrogen (secondary N) is 4. The van der Waals surface area contributed by atoms with Crippen molar-refractivity contribution in [2.75, 3.05) is 18.4 Å². The van der Waals surface area contributed by atoms with Gasteiger partial charge in [0.05, 0.1) is 11.7 Å². The van der Waals surface area contributed by atoms with Crippen molar-refractivity contribution < 1.29 is 19.2 Å². The molecule has 2 heterocycles. The van der Waals surface area contributed by atoms with E-state index in [1.165, 1.54) is 0 Å². The van der Waals surface area contributed by atoms with Crippen LogP contribution in [0.1, 0.15) is 66.4 Å². The lowest BCUT2D eigenvalue weighted by atomic mass is 9.77. The van der Waals surface area contributed by atoms with Crippen molar-refractivity contribution in [3.8, 4) is 11.1 Å². The van der Waals surface area contributed by atoms with Crippen LogP contribution in [0.5, 0.6) is 0 Å². The number of amides is 3. The number of nitrogens with two attached hydrogens (primary N) is 1. The second kappa shape index (κ2) is 14.9. The fourth-order valence-corrected chi connectivity index (χ4v) is 7.03. The number of rotatable bonds is 11. The van der Waals surface area contributed by atoms with E-state index in [1.807, 2.05) is 61.5 Å². The number of carbonyl (C=O) groups is 4. The standard InChI is InChI=1S/C38H44N6O4/c1-23-17-28(36(46)43-33-3-2-16-40-38(33)48)13-15-32(23)26-8-4-24(5-9-26)18-30(19-35(45)27-10-6-25(21-39)7-11-27)37(47)42-31-14-12-29-22-41-44-34(29)20-31/h4-5,8-9,12-15,17,20,22,25,27,30,33H,2-3,6-7,10-11,16,18-19,21,39H2,1H3,(H,40,48)(H,41,44)(H,42,47)(H,43,46)/t25?,27?,30-,33?/m1/s1. The molecule has 2 aliphatic rings. The topological polar surface area (TPSA) is 159 Å². The van der Waals surface area contributed by atoms with Gasteiger partial charge < -0.3 is 21.7 Å². The summed E-state index contributed by atoms with van der Waals surface area (Å²) in [6.45, 7) is 3.26. The average molecular weight is 649 g/mol. The Bertz CT molecular complexity index is 1790. The third kappa shape index (κ3) is 7.82. The van der Waals surface area contributed by atoms with Gasteiger partial charge in [-0.3, -0.25) is 24.3 Å². The Labute approximate surface area is 280 Å². The van der Waals surface area contributed by atoms with Crippen molar-refractivity contribution in [1.82, 2.24) is 20.8 Å². The number of hydrogen-bond acceptors (Lipinski definition) is 6. The second-order valence-electron chi connectivity index (χ2n) is 13.4. The van der Waals surface area contributed by atoms with Gasteiger partial charge in [0, 0.05) is 41.4 Å². The number of hydrogen-bond donors (Lipinski definition) is 5. The number of ketones is 1. The zero-order valence-electron chi connectivity index (χ0n) is 27.4. The molecule has 10 nitrogen and oxygen atoms in total. The Balaban J connectivity index is 1.15. The average Bonchev–Trinajstić information content (AvgIpc) is 3.57. The maximum atomic E-state index is 13.7. The minimum Gasteiger partial charge on any atom is -0.354 e. The molecule has 0 spiro atoms. The summed E-state index contributed by atoms with van der Waals surface area (Å²) in [4.78, 5) is 52.2. The van der Waals surface area contributed by atoms with Crippen LogP contribution in [0.4, 0.5) is 5.69 Å². The second-order valence-corrected chi connectivity index (χ2v) is 13.4. The first kappa shape index (κ1) is 33.1. The predicted octanol–water partition coefficient (Wildman–Crippen LogP) is 5.07. The molecule has 250 valence electrons. The Morgan fingerprint density at radius 1 is 0.979 bits per heavy atom. The summed E-state index contributed by atoms with van der Waals surface area (Å²) < 4.78 is 0. The lowest BCUT2D eigenvalue weighted by Crippen LogP contribution is -2.50. The highest BCUT2D eigenvalue weighted by molar-refractivity contribution is 5.99. The molecular weight excluding hydrogens is 604 g/mol. The molecular formula is C38H44N6O4. The molecule has 1 saturated carbocycles. The van der Waals surface area contributed by atoms with Crippen molar-refractivity contribution in [2.24, 2.45) is 23.5 Å². The monoisotopic (exact) mass is 648 g/mol. The highest BCUT2D eigenvalue weighted by Crippen LogP contribution is 2.32. The fraction of sp³-hybridized carbons (Fsp3) is 0.395. The van der Waals surface area contributed by atoms with Gasteiger partial charge in [-0.2, -0.15) is 5.10 Å². The van der Waals surface area contributed by atoms with Crippen LogP contribution in [-0.4, -0.2) is 52.8 Å². The van der Waals surface area contributed by atoms with Crippen LogP contribution in [0.25, 0.3) is 22.0 Å². The number of piperidine rings is 1. The van der Waals surface area contributed by atoms with E-state index in [0.29, 0.717) is 43.1 Å². The molecule has 1 saturated heterocycles. The van der Waals surface area contributed by atoms with Gasteiger partial charge in [-0.05, 0) is 117 Å². The van der Waals surface area contributed by atoms with E-state index in [9.17, 15) is 19.2 Å². The number of anilines is 1. The first-order valence-corrected chi connectivity index (χ1v) is 17.0. The van der Waals surface area contributed by atoms with Crippen LogP contribution >= 0.6 is 0 Å². The summed E-state index contributed by atoms with van der Waals surface area (Å²) in [5, 5.41) is 16.6. The van der Waals surface area contributed by atoms with Gasteiger partial charge in [-0.15, -0.1) is 0 Å². The first-order chi connectivity index (χ1) is 23.3. The van der Waals surface area contributed by atoms with Crippen LogP contribution < -0.4 is 21.7 Å².